The third-order valence-electron chi connectivity index (χ3n) is 3.28. The first kappa shape index (κ1) is 9.66. The molecule has 1 saturated carbocycles. The number of hydrogen-bond acceptors (Lipinski definition) is 2. The maximum atomic E-state index is 6.21. The monoisotopic (exact) mass is 190 g/mol. The molecule has 2 rings (SSSR count). The zero-order valence-corrected chi connectivity index (χ0v) is 8.74. The van der Waals surface area contributed by atoms with Gasteiger partial charge < -0.3 is 5.73 Å². The molecule has 0 saturated heterocycles. The number of hydrogen-bond donors (Lipinski definition) is 1. The van der Waals surface area contributed by atoms with E-state index in [0.717, 1.165) is 12.1 Å². The number of nitrogens with two attached hydrogens (primary N) is 1. The van der Waals surface area contributed by atoms with E-state index in [9.17, 15) is 0 Å². The van der Waals surface area contributed by atoms with Crippen molar-refractivity contribution in [1.29, 1.82) is 0 Å². The second-order valence-corrected chi connectivity index (χ2v) is 4.12. The largest absolute Gasteiger partial charge is 0.322 e. The molecular weight excluding hydrogens is 172 g/mol. The van der Waals surface area contributed by atoms with Crippen LogP contribution in [0.4, 0.5) is 0 Å². The fraction of sp³-hybridized carbons (Fsp3) is 0.583. The summed E-state index contributed by atoms with van der Waals surface area (Å²) in [7, 11) is 0. The number of pyridine rings is 1. The Kier molecular flexibility index (Phi) is 2.82. The highest BCUT2D eigenvalue weighted by Gasteiger charge is 2.27. The van der Waals surface area contributed by atoms with Crippen molar-refractivity contribution in [3.8, 4) is 0 Å². The average Bonchev–Trinajstić information content (AvgIpc) is 2.15. The van der Waals surface area contributed by atoms with E-state index in [1.54, 1.807) is 0 Å². The Morgan fingerprint density at radius 2 is 2.36 bits per heavy atom. The first-order valence-corrected chi connectivity index (χ1v) is 5.52. The van der Waals surface area contributed by atoms with Crippen molar-refractivity contribution in [3.05, 3.63) is 29.6 Å². The minimum absolute atomic E-state index is 0.167. The Labute approximate surface area is 85.5 Å². The van der Waals surface area contributed by atoms with Gasteiger partial charge in [-0.15, -0.1) is 0 Å². The van der Waals surface area contributed by atoms with Gasteiger partial charge >= 0.3 is 0 Å². The molecule has 1 fully saturated rings. The van der Waals surface area contributed by atoms with Crippen molar-refractivity contribution in [2.45, 2.75) is 38.6 Å². The lowest BCUT2D eigenvalue weighted by Gasteiger charge is -2.31. The molecule has 0 radical (unpaired) electrons. The summed E-state index contributed by atoms with van der Waals surface area (Å²) in [6.07, 6.45) is 6.78. The zero-order chi connectivity index (χ0) is 9.97. The zero-order valence-electron chi connectivity index (χ0n) is 8.74. The Morgan fingerprint density at radius 1 is 1.57 bits per heavy atom. The van der Waals surface area contributed by atoms with Crippen LogP contribution in [0.5, 0.6) is 0 Å². The number of aryl methyl sites for hydroxylation is 1. The Morgan fingerprint density at radius 3 is 2.93 bits per heavy atom. The van der Waals surface area contributed by atoms with Gasteiger partial charge in [-0.1, -0.05) is 19.4 Å². The predicted octanol–water partition coefficient (Wildman–Crippen LogP) is 2.44. The third kappa shape index (κ3) is 1.67. The molecule has 1 atom stereocenters. The van der Waals surface area contributed by atoms with Crippen LogP contribution in [0.2, 0.25) is 0 Å². The molecule has 1 aromatic rings. The first-order chi connectivity index (χ1) is 6.83. The highest BCUT2D eigenvalue weighted by atomic mass is 14.8. The summed E-state index contributed by atoms with van der Waals surface area (Å²) < 4.78 is 0. The van der Waals surface area contributed by atoms with E-state index < -0.39 is 0 Å². The molecule has 14 heavy (non-hydrogen) atoms. The molecule has 0 aliphatic heterocycles. The van der Waals surface area contributed by atoms with Crippen LogP contribution >= 0.6 is 0 Å². The van der Waals surface area contributed by atoms with Crippen molar-refractivity contribution in [2.24, 2.45) is 11.7 Å². The van der Waals surface area contributed by atoms with Gasteiger partial charge in [0.15, 0.2) is 0 Å². The van der Waals surface area contributed by atoms with Crippen LogP contribution in [0.1, 0.15) is 43.5 Å². The Bertz CT molecular complexity index is 305. The molecule has 0 bridgehead atoms. The van der Waals surface area contributed by atoms with Crippen LogP contribution in [-0.2, 0) is 6.42 Å². The second kappa shape index (κ2) is 4.09. The van der Waals surface area contributed by atoms with Crippen molar-refractivity contribution in [1.82, 2.24) is 4.98 Å². The summed E-state index contributed by atoms with van der Waals surface area (Å²) in [5, 5.41) is 0. The number of rotatable bonds is 3. The molecular formula is C12H18N2. The lowest BCUT2D eigenvalue weighted by molar-refractivity contribution is 0.260. The van der Waals surface area contributed by atoms with Gasteiger partial charge in [-0.25, -0.2) is 0 Å². The van der Waals surface area contributed by atoms with Gasteiger partial charge in [-0.05, 0) is 36.8 Å². The van der Waals surface area contributed by atoms with Gasteiger partial charge in [0.2, 0.25) is 0 Å². The van der Waals surface area contributed by atoms with Crippen molar-refractivity contribution in [2.75, 3.05) is 0 Å². The normalized spacial score (nSPS) is 19.0. The highest BCUT2D eigenvalue weighted by molar-refractivity contribution is 5.23. The minimum atomic E-state index is 0.167. The van der Waals surface area contributed by atoms with Crippen LogP contribution in [0.3, 0.4) is 0 Å². The third-order valence-corrected chi connectivity index (χ3v) is 3.28. The summed E-state index contributed by atoms with van der Waals surface area (Å²) in [6, 6.07) is 4.30. The highest BCUT2D eigenvalue weighted by Crippen LogP contribution is 2.36. The fourth-order valence-electron chi connectivity index (χ4n) is 2.07. The van der Waals surface area contributed by atoms with Gasteiger partial charge in [0.05, 0.1) is 11.7 Å². The van der Waals surface area contributed by atoms with E-state index in [2.05, 4.69) is 18.0 Å². The van der Waals surface area contributed by atoms with Crippen LogP contribution in [0, 0.1) is 5.92 Å². The topological polar surface area (TPSA) is 38.9 Å². The lowest BCUT2D eigenvalue weighted by atomic mass is 9.78. The minimum Gasteiger partial charge on any atom is -0.322 e. The smallest absolute Gasteiger partial charge is 0.0605 e. The van der Waals surface area contributed by atoms with E-state index >= 15 is 0 Å². The van der Waals surface area contributed by atoms with Crippen molar-refractivity contribution in [3.63, 3.8) is 0 Å². The van der Waals surface area contributed by atoms with E-state index in [1.165, 1.54) is 24.8 Å². The van der Waals surface area contributed by atoms with Crippen LogP contribution in [-0.4, -0.2) is 4.98 Å². The van der Waals surface area contributed by atoms with Gasteiger partial charge in [0.25, 0.3) is 0 Å². The maximum Gasteiger partial charge on any atom is 0.0605 e. The molecule has 1 aromatic heterocycles. The second-order valence-electron chi connectivity index (χ2n) is 4.12. The van der Waals surface area contributed by atoms with Gasteiger partial charge in [-0.2, -0.15) is 0 Å². The van der Waals surface area contributed by atoms with Crippen molar-refractivity contribution < 1.29 is 0 Å². The number of aromatic nitrogens is 1. The first-order valence-electron chi connectivity index (χ1n) is 5.52. The summed E-state index contributed by atoms with van der Waals surface area (Å²) in [6.45, 7) is 2.16. The summed E-state index contributed by atoms with van der Waals surface area (Å²) in [4.78, 5) is 4.43. The average molecular weight is 190 g/mol. The molecule has 0 spiro atoms. The lowest BCUT2D eigenvalue weighted by Crippen LogP contribution is -2.28. The molecule has 2 nitrogen and oxygen atoms in total. The predicted molar refractivity (Wildman–Crippen MR) is 57.9 cm³/mol. The molecule has 2 N–H and O–H groups in total. The molecule has 1 unspecified atom stereocenters. The Hall–Kier alpha value is -0.890. The maximum absolute atomic E-state index is 6.21. The molecule has 0 amide bonds. The summed E-state index contributed by atoms with van der Waals surface area (Å²) in [5.41, 5.74) is 8.65. The molecule has 0 aromatic carbocycles. The van der Waals surface area contributed by atoms with Crippen molar-refractivity contribution >= 4 is 0 Å². The molecule has 2 heteroatoms. The van der Waals surface area contributed by atoms with Crippen LogP contribution < -0.4 is 5.73 Å². The van der Waals surface area contributed by atoms with Gasteiger partial charge in [-0.3, -0.25) is 4.98 Å². The SMILES string of the molecule is CCc1cccnc1C(N)C1CCC1. The van der Waals surface area contributed by atoms with E-state index in [4.69, 9.17) is 5.73 Å². The Balaban J connectivity index is 2.20. The standard InChI is InChI=1S/C12H18N2/c1-2-9-7-4-8-14-12(9)11(13)10-5-3-6-10/h4,7-8,10-11H,2-3,5-6,13H2,1H3. The van der Waals surface area contributed by atoms with Crippen LogP contribution in [0.25, 0.3) is 0 Å². The summed E-state index contributed by atoms with van der Waals surface area (Å²) >= 11 is 0. The van der Waals surface area contributed by atoms with Gasteiger partial charge in [0, 0.05) is 6.20 Å². The molecule has 1 heterocycles. The fourth-order valence-corrected chi connectivity index (χ4v) is 2.07. The van der Waals surface area contributed by atoms with Gasteiger partial charge in [0.1, 0.15) is 0 Å². The molecule has 1 aliphatic rings. The number of nitrogens with zero attached hydrogens (tertiary/aromatic N) is 1. The molecule has 76 valence electrons. The summed E-state index contributed by atoms with van der Waals surface area (Å²) in [5.74, 6) is 0.676. The van der Waals surface area contributed by atoms with Crippen LogP contribution in [0.15, 0.2) is 18.3 Å². The quantitative estimate of drug-likeness (QED) is 0.795. The van der Waals surface area contributed by atoms with E-state index in [1.807, 2.05) is 12.3 Å². The molecule has 1 aliphatic carbocycles. The van der Waals surface area contributed by atoms with E-state index in [0.29, 0.717) is 5.92 Å². The van der Waals surface area contributed by atoms with E-state index in [-0.39, 0.29) is 6.04 Å².